The molecule has 0 heterocycles. The van der Waals surface area contributed by atoms with E-state index in [1.54, 1.807) is 12.2 Å². The van der Waals surface area contributed by atoms with Gasteiger partial charge in [0.1, 0.15) is 12.4 Å². The number of benzene rings is 1. The Labute approximate surface area is 91.1 Å². The van der Waals surface area contributed by atoms with Gasteiger partial charge in [-0.1, -0.05) is 42.7 Å². The van der Waals surface area contributed by atoms with Crippen molar-refractivity contribution in [1.82, 2.24) is 0 Å². The minimum atomic E-state index is 0.500. The zero-order valence-corrected chi connectivity index (χ0v) is 8.70. The van der Waals surface area contributed by atoms with Crippen LogP contribution in [-0.2, 0) is 0 Å². The van der Waals surface area contributed by atoms with Crippen molar-refractivity contribution in [3.8, 4) is 17.6 Å². The molecule has 15 heavy (non-hydrogen) atoms. The fourth-order valence-corrected chi connectivity index (χ4v) is 1.06. The largest absolute Gasteiger partial charge is 0.488 e. The zero-order valence-electron chi connectivity index (χ0n) is 8.70. The smallest absolute Gasteiger partial charge is 0.135 e. The predicted octanol–water partition coefficient (Wildman–Crippen LogP) is 3.18. The van der Waals surface area contributed by atoms with Gasteiger partial charge in [0.05, 0.1) is 5.56 Å². The summed E-state index contributed by atoms with van der Waals surface area (Å²) in [6, 6.07) is 7.71. The third kappa shape index (κ3) is 3.74. The highest BCUT2D eigenvalue weighted by molar-refractivity contribution is 5.46. The van der Waals surface area contributed by atoms with Gasteiger partial charge in [-0.15, -0.1) is 6.58 Å². The zero-order chi connectivity index (χ0) is 10.9. The van der Waals surface area contributed by atoms with E-state index in [0.717, 1.165) is 11.3 Å². The second kappa shape index (κ2) is 6.50. The average molecular weight is 198 g/mol. The maximum atomic E-state index is 5.47. The quantitative estimate of drug-likeness (QED) is 0.533. The molecule has 0 aromatic heterocycles. The molecule has 0 unspecified atom stereocenters. The summed E-state index contributed by atoms with van der Waals surface area (Å²) in [6.07, 6.45) is 4.18. The molecule has 1 nitrogen and oxygen atoms in total. The highest BCUT2D eigenvalue weighted by Crippen LogP contribution is 2.16. The topological polar surface area (TPSA) is 9.23 Å². The van der Waals surface area contributed by atoms with Crippen LogP contribution < -0.4 is 4.74 Å². The highest BCUT2D eigenvalue weighted by Gasteiger charge is 1.97. The first kappa shape index (κ1) is 11.1. The van der Waals surface area contributed by atoms with Gasteiger partial charge in [0, 0.05) is 6.42 Å². The molecule has 0 fully saturated rings. The maximum absolute atomic E-state index is 5.47. The van der Waals surface area contributed by atoms with E-state index < -0.39 is 0 Å². The van der Waals surface area contributed by atoms with Crippen molar-refractivity contribution >= 4 is 0 Å². The monoisotopic (exact) mass is 198 g/mol. The molecule has 0 aliphatic rings. The van der Waals surface area contributed by atoms with Gasteiger partial charge in [0.15, 0.2) is 0 Å². The van der Waals surface area contributed by atoms with Gasteiger partial charge < -0.3 is 4.74 Å². The first-order valence-corrected chi connectivity index (χ1v) is 4.81. The second-order valence-electron chi connectivity index (χ2n) is 2.89. The Morgan fingerprint density at radius 1 is 1.20 bits per heavy atom. The summed E-state index contributed by atoms with van der Waals surface area (Å²) in [5, 5.41) is 0. The van der Waals surface area contributed by atoms with Gasteiger partial charge in [0.25, 0.3) is 0 Å². The average Bonchev–Trinajstić information content (AvgIpc) is 2.28. The Balaban J connectivity index is 2.82. The molecule has 1 heteroatoms. The minimum absolute atomic E-state index is 0.500. The van der Waals surface area contributed by atoms with Crippen LogP contribution in [0.15, 0.2) is 49.6 Å². The summed E-state index contributed by atoms with van der Waals surface area (Å²) in [7, 11) is 0. The van der Waals surface area contributed by atoms with Crippen LogP contribution in [0.4, 0.5) is 0 Å². The number of hydrogen-bond donors (Lipinski definition) is 0. The van der Waals surface area contributed by atoms with Crippen molar-refractivity contribution in [3.05, 3.63) is 55.1 Å². The molecule has 0 radical (unpaired) electrons. The molecule has 76 valence electrons. The van der Waals surface area contributed by atoms with E-state index >= 15 is 0 Å². The lowest BCUT2D eigenvalue weighted by Crippen LogP contribution is -1.94. The summed E-state index contributed by atoms with van der Waals surface area (Å²) in [6.45, 7) is 7.72. The van der Waals surface area contributed by atoms with Crippen molar-refractivity contribution in [2.24, 2.45) is 0 Å². The second-order valence-corrected chi connectivity index (χ2v) is 2.89. The molecule has 1 rings (SSSR count). The van der Waals surface area contributed by atoms with Gasteiger partial charge in [-0.3, -0.25) is 0 Å². The molecule has 0 spiro atoms. The highest BCUT2D eigenvalue weighted by atomic mass is 16.5. The first-order valence-electron chi connectivity index (χ1n) is 4.81. The van der Waals surface area contributed by atoms with E-state index in [0.29, 0.717) is 13.0 Å². The molecular formula is C14H14O. The molecule has 0 saturated carbocycles. The van der Waals surface area contributed by atoms with Gasteiger partial charge in [-0.05, 0) is 12.1 Å². The summed E-state index contributed by atoms with van der Waals surface area (Å²) < 4.78 is 5.47. The van der Waals surface area contributed by atoms with Crippen LogP contribution in [0, 0.1) is 11.8 Å². The van der Waals surface area contributed by atoms with Crippen molar-refractivity contribution < 1.29 is 4.74 Å². The lowest BCUT2D eigenvalue weighted by Gasteiger charge is -2.04. The number of rotatable bonds is 4. The molecule has 0 N–H and O–H groups in total. The molecule has 1 aromatic carbocycles. The van der Waals surface area contributed by atoms with Crippen LogP contribution >= 0.6 is 0 Å². The summed E-state index contributed by atoms with van der Waals surface area (Å²) in [4.78, 5) is 0. The predicted molar refractivity (Wildman–Crippen MR) is 63.8 cm³/mol. The van der Waals surface area contributed by atoms with Crippen LogP contribution in [0.5, 0.6) is 5.75 Å². The first-order chi connectivity index (χ1) is 7.38. The van der Waals surface area contributed by atoms with Gasteiger partial charge in [-0.25, -0.2) is 0 Å². The maximum Gasteiger partial charge on any atom is 0.135 e. The van der Waals surface area contributed by atoms with Crippen molar-refractivity contribution in [3.63, 3.8) is 0 Å². The number of ether oxygens (including phenoxy) is 1. The van der Waals surface area contributed by atoms with Crippen LogP contribution in [0.25, 0.3) is 0 Å². The fourth-order valence-electron chi connectivity index (χ4n) is 1.06. The Bertz CT molecular complexity index is 393. The Morgan fingerprint density at radius 2 is 2.00 bits per heavy atom. The van der Waals surface area contributed by atoms with Crippen LogP contribution in [0.1, 0.15) is 12.0 Å². The SMILES string of the molecule is C=CCC#Cc1ccccc1OCC=C. The molecule has 0 amide bonds. The van der Waals surface area contributed by atoms with E-state index in [1.165, 1.54) is 0 Å². The number of allylic oxidation sites excluding steroid dienone is 1. The van der Waals surface area contributed by atoms with E-state index in [-0.39, 0.29) is 0 Å². The standard InChI is InChI=1S/C14H14O/c1-3-5-6-9-13-10-7-8-11-14(13)15-12-4-2/h3-4,7-8,10-11H,1-2,5,12H2. The van der Waals surface area contributed by atoms with E-state index in [9.17, 15) is 0 Å². The molecule has 1 aromatic rings. The van der Waals surface area contributed by atoms with E-state index in [4.69, 9.17) is 4.74 Å². The van der Waals surface area contributed by atoms with E-state index in [1.807, 2.05) is 24.3 Å². The third-order valence-corrected chi connectivity index (χ3v) is 1.71. The minimum Gasteiger partial charge on any atom is -0.488 e. The number of para-hydroxylation sites is 1. The Kier molecular flexibility index (Phi) is 4.83. The molecule has 0 aliphatic heterocycles. The Hall–Kier alpha value is -1.94. The van der Waals surface area contributed by atoms with Crippen molar-refractivity contribution in [1.29, 1.82) is 0 Å². The van der Waals surface area contributed by atoms with Crippen LogP contribution in [0.2, 0.25) is 0 Å². The summed E-state index contributed by atoms with van der Waals surface area (Å²) in [5.41, 5.74) is 0.904. The van der Waals surface area contributed by atoms with Crippen LogP contribution in [0.3, 0.4) is 0 Å². The lowest BCUT2D eigenvalue weighted by atomic mass is 10.2. The lowest BCUT2D eigenvalue weighted by molar-refractivity contribution is 0.362. The van der Waals surface area contributed by atoms with Gasteiger partial charge >= 0.3 is 0 Å². The number of hydrogen-bond acceptors (Lipinski definition) is 1. The summed E-state index contributed by atoms with van der Waals surface area (Å²) in [5.74, 6) is 6.84. The van der Waals surface area contributed by atoms with Crippen molar-refractivity contribution in [2.75, 3.05) is 6.61 Å². The molecule has 0 aliphatic carbocycles. The van der Waals surface area contributed by atoms with Crippen LogP contribution in [-0.4, -0.2) is 6.61 Å². The third-order valence-electron chi connectivity index (χ3n) is 1.71. The summed E-state index contributed by atoms with van der Waals surface area (Å²) >= 11 is 0. The van der Waals surface area contributed by atoms with E-state index in [2.05, 4.69) is 25.0 Å². The fraction of sp³-hybridized carbons (Fsp3) is 0.143. The molecule has 0 atom stereocenters. The molecule has 0 saturated heterocycles. The normalized spacial score (nSPS) is 8.53. The van der Waals surface area contributed by atoms with Gasteiger partial charge in [-0.2, -0.15) is 0 Å². The Morgan fingerprint density at radius 3 is 2.73 bits per heavy atom. The van der Waals surface area contributed by atoms with Crippen molar-refractivity contribution in [2.45, 2.75) is 6.42 Å². The molecular weight excluding hydrogens is 184 g/mol. The molecule has 0 bridgehead atoms. The van der Waals surface area contributed by atoms with Gasteiger partial charge in [0.2, 0.25) is 0 Å².